The molecule has 13 heavy (non-hydrogen) atoms. The third-order valence-corrected chi connectivity index (χ3v) is 2.58. The summed E-state index contributed by atoms with van der Waals surface area (Å²) in [5, 5.41) is 6.23. The summed E-state index contributed by atoms with van der Waals surface area (Å²) in [7, 11) is 1.54. The fraction of sp³-hybridized carbons (Fsp3) is 0.889. The highest BCUT2D eigenvalue weighted by atomic mass is 16.5. The summed E-state index contributed by atoms with van der Waals surface area (Å²) in [6, 6.07) is 0.623. The minimum atomic E-state index is -0.354. The van der Waals surface area contributed by atoms with Gasteiger partial charge in [0.1, 0.15) is 6.10 Å². The molecule has 1 saturated heterocycles. The Bertz CT molecular complexity index is 184. The van der Waals surface area contributed by atoms with Gasteiger partial charge in [-0.2, -0.15) is 0 Å². The van der Waals surface area contributed by atoms with Gasteiger partial charge in [-0.1, -0.05) is 0 Å². The molecular weight excluding hydrogens is 168 g/mol. The lowest BCUT2D eigenvalue weighted by atomic mass is 10.1. The first-order valence-electron chi connectivity index (χ1n) is 4.71. The summed E-state index contributed by atoms with van der Waals surface area (Å²) in [6.45, 7) is 4.81. The molecule has 76 valence electrons. The Hall–Kier alpha value is -0.610. The second-order valence-corrected chi connectivity index (χ2v) is 3.52. The number of rotatable bonds is 3. The van der Waals surface area contributed by atoms with Gasteiger partial charge in [-0.05, 0) is 26.8 Å². The molecule has 1 heterocycles. The van der Waals surface area contributed by atoms with Crippen molar-refractivity contribution in [2.45, 2.75) is 38.5 Å². The van der Waals surface area contributed by atoms with Crippen molar-refractivity contribution in [3.8, 4) is 0 Å². The maximum absolute atomic E-state index is 11.4. The molecule has 0 saturated carbocycles. The van der Waals surface area contributed by atoms with Crippen LogP contribution in [0.2, 0.25) is 0 Å². The number of carbonyl (C=O) groups is 1. The highest BCUT2D eigenvalue weighted by Gasteiger charge is 2.25. The van der Waals surface area contributed by atoms with Crippen molar-refractivity contribution in [3.63, 3.8) is 0 Å². The van der Waals surface area contributed by atoms with E-state index in [-0.39, 0.29) is 18.1 Å². The van der Waals surface area contributed by atoms with Crippen LogP contribution in [0.15, 0.2) is 0 Å². The molecule has 0 spiro atoms. The van der Waals surface area contributed by atoms with E-state index in [1.54, 1.807) is 14.0 Å². The Morgan fingerprint density at radius 3 is 2.85 bits per heavy atom. The lowest BCUT2D eigenvalue weighted by Gasteiger charge is -2.19. The zero-order chi connectivity index (χ0) is 9.84. The van der Waals surface area contributed by atoms with Crippen LogP contribution in [0, 0.1) is 0 Å². The Kier molecular flexibility index (Phi) is 3.69. The second kappa shape index (κ2) is 4.58. The minimum Gasteiger partial charge on any atom is -0.372 e. The topological polar surface area (TPSA) is 50.4 Å². The molecule has 2 N–H and O–H groups in total. The van der Waals surface area contributed by atoms with Gasteiger partial charge in [0.15, 0.2) is 0 Å². The normalized spacial score (nSPS) is 30.1. The average molecular weight is 186 g/mol. The maximum Gasteiger partial charge on any atom is 0.249 e. The van der Waals surface area contributed by atoms with Crippen LogP contribution < -0.4 is 10.6 Å². The zero-order valence-corrected chi connectivity index (χ0v) is 8.46. The number of nitrogens with one attached hydrogen (secondary N) is 2. The van der Waals surface area contributed by atoms with Crippen LogP contribution >= 0.6 is 0 Å². The molecule has 4 nitrogen and oxygen atoms in total. The van der Waals surface area contributed by atoms with Gasteiger partial charge in [0.05, 0.1) is 0 Å². The SMILES string of the molecule is COC(C)C(=O)NC1CCNC1C. The van der Waals surface area contributed by atoms with Crippen molar-refractivity contribution in [3.05, 3.63) is 0 Å². The molecule has 0 radical (unpaired) electrons. The van der Waals surface area contributed by atoms with Gasteiger partial charge in [0.25, 0.3) is 0 Å². The fourth-order valence-electron chi connectivity index (χ4n) is 1.46. The smallest absolute Gasteiger partial charge is 0.249 e. The molecule has 4 heteroatoms. The van der Waals surface area contributed by atoms with Gasteiger partial charge in [-0.3, -0.25) is 4.79 Å². The fourth-order valence-corrected chi connectivity index (χ4v) is 1.46. The number of amides is 1. The highest BCUT2D eigenvalue weighted by molar-refractivity contribution is 5.80. The molecule has 3 atom stereocenters. The van der Waals surface area contributed by atoms with Crippen LogP contribution in [0.4, 0.5) is 0 Å². The lowest BCUT2D eigenvalue weighted by molar-refractivity contribution is -0.130. The van der Waals surface area contributed by atoms with E-state index in [1.807, 2.05) is 0 Å². The van der Waals surface area contributed by atoms with Crippen LogP contribution in [0.1, 0.15) is 20.3 Å². The number of methoxy groups -OCH3 is 1. The van der Waals surface area contributed by atoms with E-state index >= 15 is 0 Å². The predicted molar refractivity (Wildman–Crippen MR) is 50.5 cm³/mol. The summed E-state index contributed by atoms with van der Waals surface area (Å²) in [5.74, 6) is -0.0250. The summed E-state index contributed by atoms with van der Waals surface area (Å²) in [6.07, 6.45) is 0.649. The summed E-state index contributed by atoms with van der Waals surface area (Å²) < 4.78 is 4.93. The van der Waals surface area contributed by atoms with Crippen LogP contribution in [-0.2, 0) is 9.53 Å². The van der Waals surface area contributed by atoms with Crippen LogP contribution in [0.25, 0.3) is 0 Å². The number of hydrogen-bond acceptors (Lipinski definition) is 3. The Morgan fingerprint density at radius 2 is 2.38 bits per heavy atom. The minimum absolute atomic E-state index is 0.0250. The predicted octanol–water partition coefficient (Wildman–Crippen LogP) is -0.112. The summed E-state index contributed by atoms with van der Waals surface area (Å²) in [5.41, 5.74) is 0. The van der Waals surface area contributed by atoms with Gasteiger partial charge in [0, 0.05) is 19.2 Å². The number of carbonyl (C=O) groups excluding carboxylic acids is 1. The zero-order valence-electron chi connectivity index (χ0n) is 8.46. The molecule has 1 fully saturated rings. The van der Waals surface area contributed by atoms with Crippen molar-refractivity contribution in [1.29, 1.82) is 0 Å². The molecule has 0 aliphatic carbocycles. The first-order chi connectivity index (χ1) is 6.15. The quantitative estimate of drug-likeness (QED) is 0.646. The lowest BCUT2D eigenvalue weighted by Crippen LogP contribution is -2.45. The van der Waals surface area contributed by atoms with Crippen molar-refractivity contribution in [1.82, 2.24) is 10.6 Å². The molecule has 1 amide bonds. The van der Waals surface area contributed by atoms with Gasteiger partial charge in [-0.25, -0.2) is 0 Å². The van der Waals surface area contributed by atoms with Gasteiger partial charge < -0.3 is 15.4 Å². The monoisotopic (exact) mass is 186 g/mol. The summed E-state index contributed by atoms with van der Waals surface area (Å²) in [4.78, 5) is 11.4. The molecule has 0 bridgehead atoms. The van der Waals surface area contributed by atoms with Crippen LogP contribution in [0.5, 0.6) is 0 Å². The van der Waals surface area contributed by atoms with Crippen molar-refractivity contribution < 1.29 is 9.53 Å². The van der Waals surface area contributed by atoms with Crippen LogP contribution in [-0.4, -0.2) is 37.7 Å². The Morgan fingerprint density at radius 1 is 1.69 bits per heavy atom. The van der Waals surface area contributed by atoms with E-state index < -0.39 is 0 Å². The molecular formula is C9H18N2O2. The summed E-state index contributed by atoms with van der Waals surface area (Å²) >= 11 is 0. The number of ether oxygens (including phenoxy) is 1. The Balaban J connectivity index is 2.35. The molecule has 1 aliphatic heterocycles. The maximum atomic E-state index is 11.4. The van der Waals surface area contributed by atoms with Crippen molar-refractivity contribution in [2.75, 3.05) is 13.7 Å². The third kappa shape index (κ3) is 2.67. The first-order valence-corrected chi connectivity index (χ1v) is 4.71. The van der Waals surface area contributed by atoms with E-state index in [1.165, 1.54) is 0 Å². The Labute approximate surface area is 79.0 Å². The molecule has 1 rings (SSSR count). The van der Waals surface area contributed by atoms with E-state index in [9.17, 15) is 4.79 Å². The van der Waals surface area contributed by atoms with E-state index in [4.69, 9.17) is 4.74 Å². The standard InChI is InChI=1S/C9H18N2O2/c1-6-8(4-5-10-6)11-9(12)7(2)13-3/h6-8,10H,4-5H2,1-3H3,(H,11,12). The average Bonchev–Trinajstić information content (AvgIpc) is 2.50. The first kappa shape index (κ1) is 10.5. The molecule has 0 aromatic heterocycles. The molecule has 3 unspecified atom stereocenters. The molecule has 1 aliphatic rings. The number of hydrogen-bond donors (Lipinski definition) is 2. The third-order valence-electron chi connectivity index (χ3n) is 2.58. The largest absolute Gasteiger partial charge is 0.372 e. The van der Waals surface area contributed by atoms with E-state index in [2.05, 4.69) is 17.6 Å². The molecule has 0 aromatic rings. The van der Waals surface area contributed by atoms with E-state index in [0.717, 1.165) is 13.0 Å². The van der Waals surface area contributed by atoms with Gasteiger partial charge >= 0.3 is 0 Å². The van der Waals surface area contributed by atoms with Gasteiger partial charge in [0.2, 0.25) is 5.91 Å². The van der Waals surface area contributed by atoms with E-state index in [0.29, 0.717) is 6.04 Å². The molecule has 0 aromatic carbocycles. The highest BCUT2D eigenvalue weighted by Crippen LogP contribution is 2.06. The van der Waals surface area contributed by atoms with Gasteiger partial charge in [-0.15, -0.1) is 0 Å². The second-order valence-electron chi connectivity index (χ2n) is 3.52. The van der Waals surface area contributed by atoms with Crippen LogP contribution in [0.3, 0.4) is 0 Å². The van der Waals surface area contributed by atoms with Crippen molar-refractivity contribution >= 4 is 5.91 Å². The van der Waals surface area contributed by atoms with Crippen molar-refractivity contribution in [2.24, 2.45) is 0 Å².